The smallest absolute Gasteiger partial charge is 0.335 e. The second kappa shape index (κ2) is 4.86. The number of aromatic nitrogens is 2. The molecule has 0 bridgehead atoms. The predicted molar refractivity (Wildman–Crippen MR) is 77.7 cm³/mol. The van der Waals surface area contributed by atoms with E-state index >= 15 is 0 Å². The number of fused-ring (bicyclic) bond motifs is 1. The first-order chi connectivity index (χ1) is 9.97. The minimum absolute atomic E-state index is 0.155. The monoisotopic (exact) mass is 304 g/mol. The molecule has 0 aliphatic carbocycles. The van der Waals surface area contributed by atoms with Crippen molar-refractivity contribution in [1.29, 1.82) is 0 Å². The molecule has 0 spiro atoms. The molecule has 0 atom stereocenters. The van der Waals surface area contributed by atoms with Crippen LogP contribution >= 0.6 is 11.6 Å². The lowest BCUT2D eigenvalue weighted by molar-refractivity contribution is 0.0697. The molecule has 1 heterocycles. The number of halogens is 2. The summed E-state index contributed by atoms with van der Waals surface area (Å²) in [5, 5.41) is 9.33. The maximum absolute atomic E-state index is 13.2. The number of aromatic carboxylic acids is 1. The molecule has 106 valence electrons. The molecule has 21 heavy (non-hydrogen) atoms. The van der Waals surface area contributed by atoms with Crippen molar-refractivity contribution in [2.75, 3.05) is 0 Å². The first kappa shape index (κ1) is 13.6. The minimum Gasteiger partial charge on any atom is -0.478 e. The fraction of sp³-hybridized carbons (Fsp3) is 0.0667. The van der Waals surface area contributed by atoms with E-state index in [1.54, 1.807) is 23.6 Å². The minimum atomic E-state index is -1.02. The second-order valence-electron chi connectivity index (χ2n) is 4.60. The second-order valence-corrected chi connectivity index (χ2v) is 5.01. The van der Waals surface area contributed by atoms with Crippen LogP contribution in [0.4, 0.5) is 4.39 Å². The van der Waals surface area contributed by atoms with E-state index in [1.165, 1.54) is 24.3 Å². The van der Waals surface area contributed by atoms with Gasteiger partial charge in [0.25, 0.3) is 0 Å². The molecule has 4 nitrogen and oxygen atoms in total. The SMILES string of the molecule is Cc1nc2ccc(C(=O)O)cc2n1-c1ccc(F)cc1Cl. The van der Waals surface area contributed by atoms with Crippen LogP contribution in [0.25, 0.3) is 16.7 Å². The van der Waals surface area contributed by atoms with Gasteiger partial charge in [-0.25, -0.2) is 14.2 Å². The Balaban J connectivity index is 2.32. The zero-order valence-electron chi connectivity index (χ0n) is 11.0. The fourth-order valence-electron chi connectivity index (χ4n) is 2.30. The highest BCUT2D eigenvalue weighted by molar-refractivity contribution is 6.32. The molecule has 0 unspecified atom stereocenters. The molecule has 6 heteroatoms. The molecular formula is C15H10ClFN2O2. The number of benzene rings is 2. The van der Waals surface area contributed by atoms with Gasteiger partial charge in [0.05, 0.1) is 27.3 Å². The van der Waals surface area contributed by atoms with E-state index in [0.717, 1.165) is 0 Å². The first-order valence-corrected chi connectivity index (χ1v) is 6.53. The van der Waals surface area contributed by atoms with Crippen molar-refractivity contribution in [3.05, 3.63) is 58.6 Å². The van der Waals surface area contributed by atoms with E-state index in [4.69, 9.17) is 16.7 Å². The highest BCUT2D eigenvalue weighted by atomic mass is 35.5. The lowest BCUT2D eigenvalue weighted by Crippen LogP contribution is -2.00. The van der Waals surface area contributed by atoms with Gasteiger partial charge in [0, 0.05) is 0 Å². The van der Waals surface area contributed by atoms with E-state index in [2.05, 4.69) is 4.98 Å². The Morgan fingerprint density at radius 3 is 2.71 bits per heavy atom. The average Bonchev–Trinajstić information content (AvgIpc) is 2.74. The van der Waals surface area contributed by atoms with Crippen molar-refractivity contribution in [2.24, 2.45) is 0 Å². The topological polar surface area (TPSA) is 55.1 Å². The largest absolute Gasteiger partial charge is 0.478 e. The van der Waals surface area contributed by atoms with E-state index in [9.17, 15) is 9.18 Å². The van der Waals surface area contributed by atoms with Gasteiger partial charge in [0.1, 0.15) is 11.6 Å². The number of carbonyl (C=O) groups is 1. The molecule has 3 aromatic rings. The highest BCUT2D eigenvalue weighted by Gasteiger charge is 2.14. The number of nitrogens with zero attached hydrogens (tertiary/aromatic N) is 2. The highest BCUT2D eigenvalue weighted by Crippen LogP contribution is 2.28. The summed E-state index contributed by atoms with van der Waals surface area (Å²) in [6, 6.07) is 8.71. The van der Waals surface area contributed by atoms with E-state index in [-0.39, 0.29) is 10.6 Å². The van der Waals surface area contributed by atoms with Crippen LogP contribution in [0.3, 0.4) is 0 Å². The maximum atomic E-state index is 13.2. The average molecular weight is 305 g/mol. The Labute approximate surface area is 124 Å². The van der Waals surface area contributed by atoms with Crippen molar-refractivity contribution < 1.29 is 14.3 Å². The van der Waals surface area contributed by atoms with Gasteiger partial charge in [0.2, 0.25) is 0 Å². The third-order valence-corrected chi connectivity index (χ3v) is 3.52. The molecule has 0 saturated carbocycles. The summed E-state index contributed by atoms with van der Waals surface area (Å²) in [4.78, 5) is 15.5. The number of imidazole rings is 1. The maximum Gasteiger partial charge on any atom is 0.335 e. The zero-order valence-corrected chi connectivity index (χ0v) is 11.7. The van der Waals surface area contributed by atoms with E-state index in [1.807, 2.05) is 0 Å². The van der Waals surface area contributed by atoms with Gasteiger partial charge in [-0.3, -0.25) is 4.57 Å². The molecule has 0 saturated heterocycles. The van der Waals surface area contributed by atoms with Crippen molar-refractivity contribution in [2.45, 2.75) is 6.92 Å². The van der Waals surface area contributed by atoms with Gasteiger partial charge in [0.15, 0.2) is 0 Å². The normalized spacial score (nSPS) is 11.0. The number of carboxylic acid groups (broad SMARTS) is 1. The molecule has 0 aliphatic heterocycles. The summed E-state index contributed by atoms with van der Waals surface area (Å²) in [7, 11) is 0. The molecule has 0 aliphatic rings. The lowest BCUT2D eigenvalue weighted by Gasteiger charge is -2.09. The van der Waals surface area contributed by atoms with Crippen molar-refractivity contribution >= 4 is 28.6 Å². The number of carboxylic acids is 1. The Kier molecular flexibility index (Phi) is 3.14. The summed E-state index contributed by atoms with van der Waals surface area (Å²) in [6.07, 6.45) is 0. The number of rotatable bonds is 2. The van der Waals surface area contributed by atoms with Gasteiger partial charge in [-0.2, -0.15) is 0 Å². The molecule has 0 fully saturated rings. The number of hydrogen-bond acceptors (Lipinski definition) is 2. The summed E-state index contributed by atoms with van der Waals surface area (Å²) < 4.78 is 14.9. The van der Waals surface area contributed by atoms with Crippen molar-refractivity contribution in [3.63, 3.8) is 0 Å². The van der Waals surface area contributed by atoms with Crippen LogP contribution in [0.15, 0.2) is 36.4 Å². The molecule has 2 aromatic carbocycles. The van der Waals surface area contributed by atoms with Crippen LogP contribution in [-0.4, -0.2) is 20.6 Å². The first-order valence-electron chi connectivity index (χ1n) is 6.15. The Hall–Kier alpha value is -2.40. The van der Waals surface area contributed by atoms with Crippen LogP contribution in [0, 0.1) is 12.7 Å². The summed E-state index contributed by atoms with van der Waals surface area (Å²) in [5.41, 5.74) is 1.97. The quantitative estimate of drug-likeness (QED) is 0.783. The third-order valence-electron chi connectivity index (χ3n) is 3.22. The van der Waals surface area contributed by atoms with Crippen LogP contribution in [0.1, 0.15) is 16.2 Å². The van der Waals surface area contributed by atoms with Crippen molar-refractivity contribution in [1.82, 2.24) is 9.55 Å². The Morgan fingerprint density at radius 2 is 2.05 bits per heavy atom. The molecule has 1 N–H and O–H groups in total. The third kappa shape index (κ3) is 2.25. The summed E-state index contributed by atoms with van der Waals surface area (Å²) in [6.45, 7) is 1.78. The summed E-state index contributed by atoms with van der Waals surface area (Å²) >= 11 is 6.09. The molecule has 0 amide bonds. The van der Waals surface area contributed by atoms with Crippen molar-refractivity contribution in [3.8, 4) is 5.69 Å². The van der Waals surface area contributed by atoms with Crippen LogP contribution in [0.2, 0.25) is 5.02 Å². The van der Waals surface area contributed by atoms with E-state index in [0.29, 0.717) is 22.5 Å². The predicted octanol–water partition coefficient (Wildman–Crippen LogP) is 3.82. The lowest BCUT2D eigenvalue weighted by atomic mass is 10.2. The van der Waals surface area contributed by atoms with E-state index < -0.39 is 11.8 Å². The van der Waals surface area contributed by atoms with Crippen LogP contribution in [-0.2, 0) is 0 Å². The van der Waals surface area contributed by atoms with Gasteiger partial charge in [-0.15, -0.1) is 0 Å². The Morgan fingerprint density at radius 1 is 1.29 bits per heavy atom. The van der Waals surface area contributed by atoms with Gasteiger partial charge in [-0.05, 0) is 43.3 Å². The van der Waals surface area contributed by atoms with Gasteiger partial charge >= 0.3 is 5.97 Å². The molecule has 1 aromatic heterocycles. The van der Waals surface area contributed by atoms with Gasteiger partial charge < -0.3 is 5.11 Å². The Bertz CT molecular complexity index is 873. The van der Waals surface area contributed by atoms with Crippen LogP contribution in [0.5, 0.6) is 0 Å². The van der Waals surface area contributed by atoms with Crippen LogP contribution < -0.4 is 0 Å². The molecule has 3 rings (SSSR count). The number of hydrogen-bond donors (Lipinski definition) is 1. The molecular weight excluding hydrogens is 295 g/mol. The summed E-state index contributed by atoms with van der Waals surface area (Å²) in [5.74, 6) is -0.814. The zero-order chi connectivity index (χ0) is 15.1. The fourth-order valence-corrected chi connectivity index (χ4v) is 2.55. The number of aryl methyl sites for hydroxylation is 1. The molecule has 0 radical (unpaired) electrons. The standard InChI is InChI=1S/C15H10ClFN2O2/c1-8-18-12-4-2-9(15(20)21)6-14(12)19(8)13-5-3-10(17)7-11(13)16/h2-7H,1H3,(H,20,21). The van der Waals surface area contributed by atoms with Gasteiger partial charge in [-0.1, -0.05) is 11.6 Å².